The SMILES string of the molecule is CCOc1c(C)cc(C(CNC)C2(F)CC2)nc1-c1ccc(F)c(F)c1Cl.COc1cc(C=O)cc2cc(Cl)c(C)nc12. The van der Waals surface area contributed by atoms with Crippen LogP contribution in [-0.4, -0.2) is 49.2 Å². The second kappa shape index (κ2) is 13.5. The van der Waals surface area contributed by atoms with Crippen molar-refractivity contribution in [1.82, 2.24) is 15.3 Å². The van der Waals surface area contributed by atoms with E-state index in [0.29, 0.717) is 59.5 Å². The minimum absolute atomic E-state index is 0.218. The van der Waals surface area contributed by atoms with Gasteiger partial charge in [0, 0.05) is 34.7 Å². The van der Waals surface area contributed by atoms with Crippen LogP contribution in [-0.2, 0) is 0 Å². The second-order valence-corrected chi connectivity index (χ2v) is 11.1. The molecule has 1 saturated carbocycles. The van der Waals surface area contributed by atoms with Crippen molar-refractivity contribution in [2.45, 2.75) is 45.2 Å². The number of aryl methyl sites for hydroxylation is 2. The van der Waals surface area contributed by atoms with Gasteiger partial charge in [0.05, 0.1) is 29.5 Å². The van der Waals surface area contributed by atoms with Gasteiger partial charge in [-0.1, -0.05) is 23.2 Å². The summed E-state index contributed by atoms with van der Waals surface area (Å²) in [6.07, 6.45) is 1.73. The van der Waals surface area contributed by atoms with Gasteiger partial charge < -0.3 is 14.8 Å². The van der Waals surface area contributed by atoms with Gasteiger partial charge in [-0.2, -0.15) is 0 Å². The molecule has 1 aliphatic rings. The summed E-state index contributed by atoms with van der Waals surface area (Å²) in [5.41, 5.74) is 2.50. The summed E-state index contributed by atoms with van der Waals surface area (Å²) in [5.74, 6) is -1.61. The summed E-state index contributed by atoms with van der Waals surface area (Å²) in [6, 6.07) is 9.35. The van der Waals surface area contributed by atoms with E-state index in [2.05, 4.69) is 15.3 Å². The molecule has 11 heteroatoms. The number of halogens is 5. The standard InChI is InChI=1S/C20H22ClF3N2O.C12H10ClNO2/c1-4-27-19-11(2)9-15(13(10-25-3)20(24)7-8-20)26-18(19)12-5-6-14(22)17(23)16(12)21;1-7-10(13)5-9-3-8(6-15)4-11(16-2)12(9)14-7/h5-6,9,13,25H,4,7-8,10H2,1-3H3;3-6H,1-2H3. The molecule has 6 nitrogen and oxygen atoms in total. The van der Waals surface area contributed by atoms with E-state index in [1.165, 1.54) is 6.07 Å². The number of benzene rings is 2. The number of fused-ring (bicyclic) bond motifs is 1. The summed E-state index contributed by atoms with van der Waals surface area (Å²) in [5, 5.41) is 4.03. The van der Waals surface area contributed by atoms with Gasteiger partial charge in [0.1, 0.15) is 34.7 Å². The summed E-state index contributed by atoms with van der Waals surface area (Å²) >= 11 is 12.0. The topological polar surface area (TPSA) is 73.3 Å². The molecule has 2 heterocycles. The molecule has 1 fully saturated rings. The molecule has 1 N–H and O–H groups in total. The molecule has 1 atom stereocenters. The largest absolute Gasteiger partial charge is 0.494 e. The van der Waals surface area contributed by atoms with Crippen LogP contribution in [0.4, 0.5) is 13.2 Å². The second-order valence-electron chi connectivity index (χ2n) is 10.3. The van der Waals surface area contributed by atoms with Gasteiger partial charge in [-0.15, -0.1) is 0 Å². The fourth-order valence-electron chi connectivity index (χ4n) is 4.87. The molecular weight excluding hydrogens is 602 g/mol. The Balaban J connectivity index is 0.000000225. The first-order valence-corrected chi connectivity index (χ1v) is 14.4. The summed E-state index contributed by atoms with van der Waals surface area (Å²) in [4.78, 5) is 19.7. The quantitative estimate of drug-likeness (QED) is 0.148. The van der Waals surface area contributed by atoms with E-state index in [4.69, 9.17) is 32.7 Å². The van der Waals surface area contributed by atoms with Gasteiger partial charge in [0.15, 0.2) is 11.6 Å². The van der Waals surface area contributed by atoms with E-state index in [9.17, 15) is 18.0 Å². The molecule has 0 aliphatic heterocycles. The van der Waals surface area contributed by atoms with Crippen molar-refractivity contribution in [3.63, 3.8) is 0 Å². The number of aromatic nitrogens is 2. The van der Waals surface area contributed by atoms with Crippen molar-refractivity contribution in [3.05, 3.63) is 80.6 Å². The number of alkyl halides is 1. The number of carbonyl (C=O) groups excluding carboxylic acids is 1. The number of nitrogens with zero attached hydrogens (tertiary/aromatic N) is 2. The maximum atomic E-state index is 14.9. The highest BCUT2D eigenvalue weighted by Gasteiger charge is 2.51. The van der Waals surface area contributed by atoms with E-state index < -0.39 is 23.2 Å². The van der Waals surface area contributed by atoms with Crippen molar-refractivity contribution in [2.75, 3.05) is 27.3 Å². The number of hydrogen-bond acceptors (Lipinski definition) is 6. The Hall–Kier alpha value is -3.40. The highest BCUT2D eigenvalue weighted by Crippen LogP contribution is 2.51. The van der Waals surface area contributed by atoms with Gasteiger partial charge in [-0.3, -0.25) is 4.79 Å². The molecule has 5 rings (SSSR count). The number of rotatable bonds is 9. The minimum Gasteiger partial charge on any atom is -0.494 e. The molecule has 0 bridgehead atoms. The number of carbonyl (C=O) groups is 1. The van der Waals surface area contributed by atoms with E-state index in [0.717, 1.165) is 34.5 Å². The van der Waals surface area contributed by atoms with Crippen LogP contribution in [0.5, 0.6) is 11.5 Å². The highest BCUT2D eigenvalue weighted by atomic mass is 35.5. The molecule has 1 unspecified atom stereocenters. The third kappa shape index (κ3) is 6.89. The monoisotopic (exact) mass is 633 g/mol. The van der Waals surface area contributed by atoms with Crippen LogP contribution in [0.2, 0.25) is 10.0 Å². The van der Waals surface area contributed by atoms with Crippen LogP contribution >= 0.6 is 23.2 Å². The normalized spacial score (nSPS) is 14.1. The fraction of sp³-hybridized carbons (Fsp3) is 0.344. The van der Waals surface area contributed by atoms with Crippen LogP contribution in [0.15, 0.2) is 36.4 Å². The molecule has 0 saturated heterocycles. The van der Waals surface area contributed by atoms with Gasteiger partial charge >= 0.3 is 0 Å². The van der Waals surface area contributed by atoms with Crippen LogP contribution < -0.4 is 14.8 Å². The predicted molar refractivity (Wildman–Crippen MR) is 164 cm³/mol. The maximum Gasteiger partial charge on any atom is 0.178 e. The van der Waals surface area contributed by atoms with Crippen LogP contribution in [0, 0.1) is 25.5 Å². The van der Waals surface area contributed by atoms with Crippen molar-refractivity contribution < 1.29 is 27.4 Å². The third-order valence-corrected chi connectivity index (χ3v) is 8.02. The third-order valence-electron chi connectivity index (χ3n) is 7.27. The number of methoxy groups -OCH3 is 1. The molecule has 1 aliphatic carbocycles. The number of aldehydes is 1. The number of nitrogens with one attached hydrogen (secondary N) is 1. The zero-order chi connectivity index (χ0) is 31.5. The minimum atomic E-state index is -1.30. The van der Waals surface area contributed by atoms with Crippen molar-refractivity contribution in [3.8, 4) is 22.8 Å². The van der Waals surface area contributed by atoms with E-state index in [1.54, 1.807) is 38.4 Å². The van der Waals surface area contributed by atoms with Crippen LogP contribution in [0.1, 0.15) is 53.0 Å². The smallest absolute Gasteiger partial charge is 0.178 e. The van der Waals surface area contributed by atoms with Crippen LogP contribution in [0.3, 0.4) is 0 Å². The van der Waals surface area contributed by atoms with Gasteiger partial charge in [-0.25, -0.2) is 23.1 Å². The Bertz CT molecular complexity index is 1660. The predicted octanol–water partition coefficient (Wildman–Crippen LogP) is 8.21. The fourth-order valence-corrected chi connectivity index (χ4v) is 5.28. The Morgan fingerprint density at radius 1 is 1.12 bits per heavy atom. The molecule has 4 aromatic rings. The lowest BCUT2D eigenvalue weighted by atomic mass is 9.94. The molecule has 2 aromatic heterocycles. The van der Waals surface area contributed by atoms with Gasteiger partial charge in [-0.05, 0) is 82.6 Å². The average molecular weight is 635 g/mol. The molecule has 0 amide bonds. The Labute approximate surface area is 258 Å². The summed E-state index contributed by atoms with van der Waals surface area (Å²) < 4.78 is 53.3. The van der Waals surface area contributed by atoms with E-state index in [1.807, 2.05) is 20.8 Å². The summed E-state index contributed by atoms with van der Waals surface area (Å²) in [6.45, 7) is 6.25. The molecular formula is C32H32Cl2F3N3O3. The zero-order valence-electron chi connectivity index (χ0n) is 24.5. The lowest BCUT2D eigenvalue weighted by molar-refractivity contribution is 0.112. The molecule has 0 radical (unpaired) electrons. The van der Waals surface area contributed by atoms with Crippen molar-refractivity contribution in [2.24, 2.45) is 0 Å². The zero-order valence-corrected chi connectivity index (χ0v) is 26.0. The number of pyridine rings is 2. The van der Waals surface area contributed by atoms with Crippen molar-refractivity contribution in [1.29, 1.82) is 0 Å². The first-order valence-electron chi connectivity index (χ1n) is 13.7. The molecule has 2 aromatic carbocycles. The lowest BCUT2D eigenvalue weighted by Crippen LogP contribution is -2.27. The van der Waals surface area contributed by atoms with E-state index in [-0.39, 0.29) is 10.6 Å². The number of likely N-dealkylation sites (N-methyl/N-ethyl adjacent to an activating group) is 1. The Morgan fingerprint density at radius 2 is 1.84 bits per heavy atom. The van der Waals surface area contributed by atoms with Gasteiger partial charge in [0.2, 0.25) is 0 Å². The Kier molecular flexibility index (Phi) is 10.2. The number of ether oxygens (including phenoxy) is 2. The summed E-state index contributed by atoms with van der Waals surface area (Å²) in [7, 11) is 3.31. The molecule has 228 valence electrons. The first-order chi connectivity index (χ1) is 20.5. The number of hydrogen-bond donors (Lipinski definition) is 1. The van der Waals surface area contributed by atoms with Crippen molar-refractivity contribution >= 4 is 40.4 Å². The first kappa shape index (κ1) is 32.5. The average Bonchev–Trinajstić information content (AvgIpc) is 3.74. The lowest BCUT2D eigenvalue weighted by Gasteiger charge is -2.23. The Morgan fingerprint density at radius 3 is 2.44 bits per heavy atom. The van der Waals surface area contributed by atoms with Crippen LogP contribution in [0.25, 0.3) is 22.2 Å². The van der Waals surface area contributed by atoms with Gasteiger partial charge in [0.25, 0.3) is 0 Å². The highest BCUT2D eigenvalue weighted by molar-refractivity contribution is 6.33. The maximum absolute atomic E-state index is 14.9. The molecule has 43 heavy (non-hydrogen) atoms. The molecule has 0 spiro atoms. The van der Waals surface area contributed by atoms with E-state index >= 15 is 0 Å².